The highest BCUT2D eigenvalue weighted by molar-refractivity contribution is 6.30. The van der Waals surface area contributed by atoms with Crippen molar-refractivity contribution in [2.45, 2.75) is 18.5 Å². The fourth-order valence-electron chi connectivity index (χ4n) is 3.06. The van der Waals surface area contributed by atoms with Gasteiger partial charge < -0.3 is 9.84 Å². The maximum absolute atomic E-state index is 14.9. The zero-order valence-electron chi connectivity index (χ0n) is 14.5. The number of hydrogen-bond acceptors (Lipinski definition) is 4. The van der Waals surface area contributed by atoms with Crippen molar-refractivity contribution in [1.82, 2.24) is 0 Å². The van der Waals surface area contributed by atoms with E-state index in [0.29, 0.717) is 11.1 Å². The summed E-state index contributed by atoms with van der Waals surface area (Å²) in [5, 5.41) is 9.79. The molecule has 0 bridgehead atoms. The molecule has 0 amide bonds. The second kappa shape index (κ2) is 7.77. The number of carbonyl (C=O) groups excluding carboxylic acids is 2. The Labute approximate surface area is 163 Å². The van der Waals surface area contributed by atoms with Gasteiger partial charge in [0.05, 0.1) is 24.3 Å². The highest BCUT2D eigenvalue weighted by Crippen LogP contribution is 2.31. The summed E-state index contributed by atoms with van der Waals surface area (Å²) < 4.78 is 34.7. The van der Waals surface area contributed by atoms with Gasteiger partial charge in [-0.25, -0.2) is 13.6 Å². The van der Waals surface area contributed by atoms with E-state index < -0.39 is 45.7 Å². The van der Waals surface area contributed by atoms with Gasteiger partial charge in [0.2, 0.25) is 0 Å². The van der Waals surface area contributed by atoms with Crippen molar-refractivity contribution in [3.8, 4) is 0 Å². The molecule has 1 heterocycles. The van der Waals surface area contributed by atoms with Crippen LogP contribution in [0.5, 0.6) is 0 Å². The number of ether oxygens (including phenoxy) is 1. The van der Waals surface area contributed by atoms with Gasteiger partial charge in [-0.1, -0.05) is 11.6 Å². The number of halogens is 3. The van der Waals surface area contributed by atoms with Crippen LogP contribution in [0.1, 0.15) is 49.5 Å². The second-order valence-corrected chi connectivity index (χ2v) is 6.87. The van der Waals surface area contributed by atoms with Gasteiger partial charge in [0.15, 0.2) is 17.2 Å². The van der Waals surface area contributed by atoms with E-state index in [0.717, 1.165) is 6.07 Å². The van der Waals surface area contributed by atoms with Crippen LogP contribution in [0.15, 0.2) is 36.4 Å². The smallest absolute Gasteiger partial charge is 0.336 e. The SMILES string of the molecule is O=C(O)c1cc(C(=O)C2(F)CCOCC2)cc(F)c1C(=O)c1ccc(Cl)cc1. The van der Waals surface area contributed by atoms with Crippen LogP contribution >= 0.6 is 11.6 Å². The van der Waals surface area contributed by atoms with Crippen molar-refractivity contribution in [3.63, 3.8) is 0 Å². The summed E-state index contributed by atoms with van der Waals surface area (Å²) >= 11 is 5.76. The highest BCUT2D eigenvalue weighted by Gasteiger charge is 2.41. The summed E-state index contributed by atoms with van der Waals surface area (Å²) in [6, 6.07) is 7.01. The Hall–Kier alpha value is -2.64. The number of carbonyl (C=O) groups is 3. The Morgan fingerprint density at radius 3 is 2.21 bits per heavy atom. The number of carboxylic acids is 1. The van der Waals surface area contributed by atoms with E-state index in [1.807, 2.05) is 0 Å². The number of rotatable bonds is 5. The summed E-state index contributed by atoms with van der Waals surface area (Å²) in [5.41, 5.74) is -4.09. The van der Waals surface area contributed by atoms with Crippen molar-refractivity contribution < 1.29 is 33.0 Å². The van der Waals surface area contributed by atoms with Crippen molar-refractivity contribution >= 4 is 29.1 Å². The predicted molar refractivity (Wildman–Crippen MR) is 96.5 cm³/mol. The van der Waals surface area contributed by atoms with Crippen LogP contribution in [0.3, 0.4) is 0 Å². The van der Waals surface area contributed by atoms with Crippen LogP contribution in [0.25, 0.3) is 0 Å². The number of hydrogen-bond donors (Lipinski definition) is 1. The molecule has 0 radical (unpaired) electrons. The summed E-state index contributed by atoms with van der Waals surface area (Å²) in [7, 11) is 0. The highest BCUT2D eigenvalue weighted by atomic mass is 35.5. The lowest BCUT2D eigenvalue weighted by Crippen LogP contribution is -2.40. The summed E-state index contributed by atoms with van der Waals surface area (Å²) in [5.74, 6) is -4.72. The van der Waals surface area contributed by atoms with Crippen LogP contribution in [0.2, 0.25) is 5.02 Å². The molecule has 8 heteroatoms. The third-order valence-electron chi connectivity index (χ3n) is 4.61. The van der Waals surface area contributed by atoms with Gasteiger partial charge in [-0.3, -0.25) is 9.59 Å². The molecule has 1 N–H and O–H groups in total. The molecule has 0 saturated carbocycles. The second-order valence-electron chi connectivity index (χ2n) is 6.43. The third kappa shape index (κ3) is 3.81. The minimum atomic E-state index is -2.26. The molecule has 1 aliphatic heterocycles. The summed E-state index contributed by atoms with van der Waals surface area (Å²) in [6.45, 7) is 0.0628. The van der Waals surface area contributed by atoms with Gasteiger partial charge in [0, 0.05) is 29.0 Å². The van der Waals surface area contributed by atoms with Crippen LogP contribution in [-0.4, -0.2) is 41.5 Å². The van der Waals surface area contributed by atoms with E-state index in [1.165, 1.54) is 24.3 Å². The first-order valence-electron chi connectivity index (χ1n) is 8.41. The minimum absolute atomic E-state index is 0.0243. The number of aromatic carboxylic acids is 1. The van der Waals surface area contributed by atoms with Crippen molar-refractivity contribution in [1.29, 1.82) is 0 Å². The number of Topliss-reactive ketones (excluding diaryl/α,β-unsaturated/α-hetero) is 1. The molecule has 0 spiro atoms. The number of benzene rings is 2. The van der Waals surface area contributed by atoms with E-state index in [4.69, 9.17) is 16.3 Å². The lowest BCUT2D eigenvalue weighted by molar-refractivity contribution is -0.000431. The molecule has 0 aliphatic carbocycles. The molecule has 28 heavy (non-hydrogen) atoms. The summed E-state index contributed by atoms with van der Waals surface area (Å²) in [6.07, 6.45) is -0.414. The quantitative estimate of drug-likeness (QED) is 0.753. The Bertz CT molecular complexity index is 950. The van der Waals surface area contributed by atoms with Crippen molar-refractivity contribution in [3.05, 3.63) is 69.5 Å². The van der Waals surface area contributed by atoms with E-state index in [-0.39, 0.29) is 31.6 Å². The maximum atomic E-state index is 14.9. The van der Waals surface area contributed by atoms with Gasteiger partial charge in [0.1, 0.15) is 5.82 Å². The topological polar surface area (TPSA) is 80.7 Å². The normalized spacial score (nSPS) is 15.8. The van der Waals surface area contributed by atoms with Crippen molar-refractivity contribution in [2.75, 3.05) is 13.2 Å². The molecule has 0 aromatic heterocycles. The molecule has 3 rings (SSSR count). The monoisotopic (exact) mass is 408 g/mol. The molecule has 5 nitrogen and oxygen atoms in total. The van der Waals surface area contributed by atoms with Crippen LogP contribution in [0, 0.1) is 5.82 Å². The molecule has 0 unspecified atom stereocenters. The zero-order valence-corrected chi connectivity index (χ0v) is 15.3. The van der Waals surface area contributed by atoms with E-state index in [1.54, 1.807) is 0 Å². The number of carboxylic acid groups (broad SMARTS) is 1. The van der Waals surface area contributed by atoms with Crippen LogP contribution in [0.4, 0.5) is 8.78 Å². The van der Waals surface area contributed by atoms with E-state index in [2.05, 4.69) is 0 Å². The zero-order chi connectivity index (χ0) is 20.5. The molecule has 146 valence electrons. The molecule has 1 saturated heterocycles. The molecule has 1 aliphatic rings. The number of alkyl halides is 1. The standard InChI is InChI=1S/C20H15ClF2O5/c21-13-3-1-11(2-4-13)17(24)16-14(19(26)27)9-12(10-15(16)22)18(25)20(23)5-7-28-8-6-20/h1-4,9-10H,5-8H2,(H,26,27). The average molecular weight is 409 g/mol. The molecule has 0 atom stereocenters. The molecular weight excluding hydrogens is 394 g/mol. The first-order chi connectivity index (χ1) is 13.2. The predicted octanol–water partition coefficient (Wildman–Crippen LogP) is 4.11. The first-order valence-corrected chi connectivity index (χ1v) is 8.79. The van der Waals surface area contributed by atoms with Crippen LogP contribution in [-0.2, 0) is 4.74 Å². The average Bonchev–Trinajstić information content (AvgIpc) is 2.67. The first kappa shape index (κ1) is 20.1. The minimum Gasteiger partial charge on any atom is -0.478 e. The fraction of sp³-hybridized carbons (Fsp3) is 0.250. The van der Waals surface area contributed by atoms with E-state index in [9.17, 15) is 28.3 Å². The van der Waals surface area contributed by atoms with Gasteiger partial charge in [-0.2, -0.15) is 0 Å². The lowest BCUT2D eigenvalue weighted by Gasteiger charge is -2.28. The Morgan fingerprint density at radius 2 is 1.64 bits per heavy atom. The Kier molecular flexibility index (Phi) is 5.58. The fourth-order valence-corrected chi connectivity index (χ4v) is 3.19. The van der Waals surface area contributed by atoms with Crippen LogP contribution < -0.4 is 0 Å². The molecule has 2 aromatic rings. The molecule has 2 aromatic carbocycles. The van der Waals surface area contributed by atoms with Gasteiger partial charge in [-0.05, 0) is 36.4 Å². The Balaban J connectivity index is 2.06. The third-order valence-corrected chi connectivity index (χ3v) is 4.86. The maximum Gasteiger partial charge on any atom is 0.336 e. The Morgan fingerprint density at radius 1 is 1.04 bits per heavy atom. The molecular formula is C20H15ClF2O5. The van der Waals surface area contributed by atoms with Crippen molar-refractivity contribution in [2.24, 2.45) is 0 Å². The lowest BCUT2D eigenvalue weighted by atomic mass is 9.86. The molecule has 1 fully saturated rings. The number of ketones is 2. The summed E-state index contributed by atoms with van der Waals surface area (Å²) in [4.78, 5) is 36.8. The largest absolute Gasteiger partial charge is 0.478 e. The van der Waals surface area contributed by atoms with Gasteiger partial charge in [-0.15, -0.1) is 0 Å². The van der Waals surface area contributed by atoms with Gasteiger partial charge >= 0.3 is 5.97 Å². The van der Waals surface area contributed by atoms with Gasteiger partial charge in [0.25, 0.3) is 0 Å². The van der Waals surface area contributed by atoms with E-state index >= 15 is 0 Å².